The van der Waals surface area contributed by atoms with Crippen LogP contribution in [0.5, 0.6) is 0 Å². The molecule has 0 amide bonds. The highest BCUT2D eigenvalue weighted by atomic mass is 32.2. The van der Waals surface area contributed by atoms with Crippen molar-refractivity contribution in [2.75, 3.05) is 48.7 Å². The molecule has 0 radical (unpaired) electrons. The predicted molar refractivity (Wildman–Crippen MR) is 127 cm³/mol. The van der Waals surface area contributed by atoms with Crippen molar-refractivity contribution in [2.24, 2.45) is 0 Å². The van der Waals surface area contributed by atoms with Gasteiger partial charge < -0.3 is 0 Å². The monoisotopic (exact) mass is 408 g/mol. The van der Waals surface area contributed by atoms with Gasteiger partial charge in [0.25, 0.3) is 0 Å². The second kappa shape index (κ2) is 13.2. The minimum atomic E-state index is 0.0102. The summed E-state index contributed by atoms with van der Waals surface area (Å²) < 4.78 is 0. The highest BCUT2D eigenvalue weighted by Gasteiger charge is 2.14. The molecule has 4 heteroatoms. The number of benzene rings is 2. The zero-order chi connectivity index (χ0) is 17.7. The van der Waals surface area contributed by atoms with E-state index in [0.717, 1.165) is 0 Å². The van der Waals surface area contributed by atoms with Gasteiger partial charge in [-0.1, -0.05) is 76.5 Å². The molecule has 2 rings (SSSR count). The lowest BCUT2D eigenvalue weighted by Gasteiger charge is -2.21. The van der Waals surface area contributed by atoms with E-state index in [2.05, 4.69) is 73.2 Å². The molecule has 0 bridgehead atoms. The molecule has 0 aliphatic carbocycles. The van der Waals surface area contributed by atoms with E-state index >= 15 is 0 Å². The average molecular weight is 409 g/mol. The topological polar surface area (TPSA) is 0 Å². The molecule has 0 heterocycles. The summed E-state index contributed by atoms with van der Waals surface area (Å²) in [5.74, 6) is 2.58. The maximum Gasteiger partial charge on any atom is -0.00279 e. The summed E-state index contributed by atoms with van der Waals surface area (Å²) >= 11 is 3.98. The van der Waals surface area contributed by atoms with E-state index < -0.39 is 0 Å². The number of hydrogen-bond donors (Lipinski definition) is 0. The van der Waals surface area contributed by atoms with Crippen LogP contribution in [-0.4, -0.2) is 48.7 Å². The molecule has 2 unspecified atom stereocenters. The molecule has 0 nitrogen and oxygen atoms in total. The highest BCUT2D eigenvalue weighted by molar-refractivity contribution is 7.99. The van der Waals surface area contributed by atoms with Gasteiger partial charge in [-0.25, -0.2) is 0 Å². The molecule has 0 saturated heterocycles. The Morgan fingerprint density at radius 2 is 1.00 bits per heavy atom. The smallest absolute Gasteiger partial charge is 0.00279 e. The first-order valence-electron chi connectivity index (χ1n) is 8.93. The summed E-state index contributed by atoms with van der Waals surface area (Å²) in [7, 11) is 0.0204. The van der Waals surface area contributed by atoms with Crippen LogP contribution in [0.4, 0.5) is 0 Å². The van der Waals surface area contributed by atoms with Crippen LogP contribution in [0, 0.1) is 0 Å². The Bertz CT molecular complexity index is 511. The molecule has 2 aromatic rings. The molecule has 0 aliphatic rings. The van der Waals surface area contributed by atoms with Crippen LogP contribution in [0.3, 0.4) is 0 Å². The van der Waals surface area contributed by atoms with E-state index in [9.17, 15) is 0 Å². The molecule has 136 valence electrons. The van der Waals surface area contributed by atoms with Gasteiger partial charge in [-0.2, -0.15) is 23.5 Å². The van der Waals surface area contributed by atoms with E-state index in [1.165, 1.54) is 42.6 Å². The first-order valence-corrected chi connectivity index (χ1v) is 15.1. The molecular formula is C21H30P2S2. The molecule has 0 saturated carbocycles. The van der Waals surface area contributed by atoms with Gasteiger partial charge in [-0.3, -0.25) is 0 Å². The van der Waals surface area contributed by atoms with E-state index in [1.807, 2.05) is 23.5 Å². The standard InChI is InChI=1S/C21H30P2S2/c1-24-18-16-22(20-10-5-3-6-11-20)14-9-15-23(17-19-25-2)21-12-7-4-8-13-21/h3-8,10-13H,9,14-19H2,1-2H3. The van der Waals surface area contributed by atoms with Crippen LogP contribution >= 0.6 is 39.4 Å². The fraction of sp³-hybridized carbons (Fsp3) is 0.429. The molecule has 0 aliphatic heterocycles. The van der Waals surface area contributed by atoms with E-state index in [1.54, 1.807) is 10.6 Å². The van der Waals surface area contributed by atoms with Crippen LogP contribution in [0.25, 0.3) is 0 Å². The third kappa shape index (κ3) is 8.04. The van der Waals surface area contributed by atoms with Gasteiger partial charge in [0.1, 0.15) is 0 Å². The minimum Gasteiger partial charge on any atom is -0.165 e. The first-order chi connectivity index (χ1) is 12.3. The average Bonchev–Trinajstić information content (AvgIpc) is 2.68. The Balaban J connectivity index is 1.93. The molecule has 0 spiro atoms. The molecule has 0 fully saturated rings. The largest absolute Gasteiger partial charge is 0.165 e. The Morgan fingerprint density at radius 1 is 0.600 bits per heavy atom. The number of rotatable bonds is 12. The molecular weight excluding hydrogens is 378 g/mol. The number of hydrogen-bond acceptors (Lipinski definition) is 2. The Hall–Kier alpha value is 0.000000000000000444. The van der Waals surface area contributed by atoms with Gasteiger partial charge >= 0.3 is 0 Å². The van der Waals surface area contributed by atoms with Crippen molar-refractivity contribution < 1.29 is 0 Å². The molecule has 25 heavy (non-hydrogen) atoms. The van der Waals surface area contributed by atoms with Crippen LogP contribution in [0.15, 0.2) is 60.7 Å². The van der Waals surface area contributed by atoms with Gasteiger partial charge in [0.15, 0.2) is 0 Å². The maximum atomic E-state index is 2.35. The molecule has 0 aromatic heterocycles. The second-order valence-corrected chi connectivity index (χ2v) is 12.9. The van der Waals surface area contributed by atoms with Crippen molar-refractivity contribution in [3.8, 4) is 0 Å². The van der Waals surface area contributed by atoms with Crippen molar-refractivity contribution in [3.05, 3.63) is 60.7 Å². The van der Waals surface area contributed by atoms with Crippen molar-refractivity contribution in [1.29, 1.82) is 0 Å². The van der Waals surface area contributed by atoms with Crippen LogP contribution in [-0.2, 0) is 0 Å². The van der Waals surface area contributed by atoms with Crippen LogP contribution in [0.2, 0.25) is 0 Å². The molecule has 0 N–H and O–H groups in total. The van der Waals surface area contributed by atoms with Crippen molar-refractivity contribution in [3.63, 3.8) is 0 Å². The molecule has 2 aromatic carbocycles. The summed E-state index contributed by atoms with van der Waals surface area (Å²) in [6.07, 6.45) is 11.4. The third-order valence-corrected chi connectivity index (χ3v) is 11.4. The lowest BCUT2D eigenvalue weighted by molar-refractivity contribution is 1.10. The molecule has 2 atom stereocenters. The summed E-state index contributed by atoms with van der Waals surface area (Å²) in [5, 5.41) is 3.19. The summed E-state index contributed by atoms with van der Waals surface area (Å²) in [6, 6.07) is 22.5. The van der Waals surface area contributed by atoms with E-state index in [0.29, 0.717) is 0 Å². The van der Waals surface area contributed by atoms with Crippen molar-refractivity contribution in [1.82, 2.24) is 0 Å². The first kappa shape index (κ1) is 21.3. The zero-order valence-electron chi connectivity index (χ0n) is 15.4. The van der Waals surface area contributed by atoms with Crippen LogP contribution < -0.4 is 10.6 Å². The van der Waals surface area contributed by atoms with Crippen molar-refractivity contribution in [2.45, 2.75) is 6.42 Å². The summed E-state index contributed by atoms with van der Waals surface area (Å²) in [4.78, 5) is 0. The quantitative estimate of drug-likeness (QED) is 0.412. The van der Waals surface area contributed by atoms with Crippen molar-refractivity contribution >= 4 is 50.0 Å². The normalized spacial score (nSPS) is 13.5. The minimum absolute atomic E-state index is 0.0102. The number of thioether (sulfide) groups is 2. The summed E-state index contributed by atoms with van der Waals surface area (Å²) in [6.45, 7) is 0. The Labute approximate surface area is 165 Å². The lowest BCUT2D eigenvalue weighted by Crippen LogP contribution is -2.11. The van der Waals surface area contributed by atoms with Gasteiger partial charge in [0.05, 0.1) is 0 Å². The fourth-order valence-corrected chi connectivity index (χ4v) is 10.1. The van der Waals surface area contributed by atoms with E-state index in [4.69, 9.17) is 0 Å². The second-order valence-electron chi connectivity index (χ2n) is 5.98. The van der Waals surface area contributed by atoms with Gasteiger partial charge in [0.2, 0.25) is 0 Å². The van der Waals surface area contributed by atoms with Crippen LogP contribution in [0.1, 0.15) is 6.42 Å². The lowest BCUT2D eigenvalue weighted by atomic mass is 10.4. The SMILES string of the molecule is CSCCP(CCCP(CCSC)c1ccccc1)c1ccccc1. The fourth-order valence-electron chi connectivity index (χ4n) is 2.87. The highest BCUT2D eigenvalue weighted by Crippen LogP contribution is 2.40. The Morgan fingerprint density at radius 3 is 1.36 bits per heavy atom. The Kier molecular flexibility index (Phi) is 11.3. The van der Waals surface area contributed by atoms with E-state index in [-0.39, 0.29) is 15.8 Å². The van der Waals surface area contributed by atoms with Gasteiger partial charge in [-0.15, -0.1) is 0 Å². The van der Waals surface area contributed by atoms with Gasteiger partial charge in [0, 0.05) is 0 Å². The third-order valence-electron chi connectivity index (χ3n) is 4.23. The summed E-state index contributed by atoms with van der Waals surface area (Å²) in [5.41, 5.74) is 0. The maximum absolute atomic E-state index is 2.35. The van der Waals surface area contributed by atoms with Gasteiger partial charge in [-0.05, 0) is 65.7 Å². The zero-order valence-corrected chi connectivity index (χ0v) is 18.9. The predicted octanol–water partition coefficient (Wildman–Crippen LogP) is 5.72.